The van der Waals surface area contributed by atoms with E-state index in [1.807, 2.05) is 38.1 Å². The second-order valence-electron chi connectivity index (χ2n) is 5.75. The zero-order valence-corrected chi connectivity index (χ0v) is 13.1. The molecule has 4 nitrogen and oxygen atoms in total. The Morgan fingerprint density at radius 2 is 1.90 bits per heavy atom. The van der Waals surface area contributed by atoms with Gasteiger partial charge >= 0.3 is 6.03 Å². The SMILES string of the molecule is CCC(C)NC(=O)NCC(C)(C)c1ccc(OC)cc1. The smallest absolute Gasteiger partial charge is 0.315 e. The van der Waals surface area contributed by atoms with Crippen LogP contribution in [0.1, 0.15) is 39.7 Å². The molecule has 1 unspecified atom stereocenters. The summed E-state index contributed by atoms with van der Waals surface area (Å²) in [5, 5.41) is 5.84. The van der Waals surface area contributed by atoms with Crippen molar-refractivity contribution in [3.05, 3.63) is 29.8 Å². The number of hydrogen-bond donors (Lipinski definition) is 2. The van der Waals surface area contributed by atoms with Crippen LogP contribution in [0.4, 0.5) is 4.79 Å². The Kier molecular flexibility index (Phi) is 5.86. The van der Waals surface area contributed by atoms with Crippen LogP contribution in [0.2, 0.25) is 0 Å². The summed E-state index contributed by atoms with van der Waals surface area (Å²) in [6.07, 6.45) is 0.926. The van der Waals surface area contributed by atoms with Crippen LogP contribution in [-0.4, -0.2) is 25.7 Å². The number of ether oxygens (including phenoxy) is 1. The molecule has 1 aromatic rings. The summed E-state index contributed by atoms with van der Waals surface area (Å²) in [5.41, 5.74) is 1.04. The van der Waals surface area contributed by atoms with E-state index in [0.717, 1.165) is 12.2 Å². The predicted molar refractivity (Wildman–Crippen MR) is 82.3 cm³/mol. The topological polar surface area (TPSA) is 50.4 Å². The van der Waals surface area contributed by atoms with Gasteiger partial charge in [-0.05, 0) is 31.0 Å². The molecule has 0 bridgehead atoms. The van der Waals surface area contributed by atoms with E-state index in [0.29, 0.717) is 6.54 Å². The Labute approximate surface area is 121 Å². The van der Waals surface area contributed by atoms with Gasteiger partial charge in [0.25, 0.3) is 0 Å². The van der Waals surface area contributed by atoms with Crippen molar-refractivity contribution in [2.75, 3.05) is 13.7 Å². The van der Waals surface area contributed by atoms with Gasteiger partial charge in [-0.1, -0.05) is 32.9 Å². The van der Waals surface area contributed by atoms with Crippen molar-refractivity contribution in [3.8, 4) is 5.75 Å². The first-order valence-corrected chi connectivity index (χ1v) is 7.08. The maximum absolute atomic E-state index is 11.7. The highest BCUT2D eigenvalue weighted by atomic mass is 16.5. The lowest BCUT2D eigenvalue weighted by atomic mass is 9.84. The summed E-state index contributed by atoms with van der Waals surface area (Å²) in [6.45, 7) is 8.85. The molecule has 1 aromatic carbocycles. The minimum absolute atomic E-state index is 0.110. The van der Waals surface area contributed by atoms with E-state index in [1.165, 1.54) is 5.56 Å². The predicted octanol–water partition coefficient (Wildman–Crippen LogP) is 3.07. The maximum atomic E-state index is 11.7. The summed E-state index contributed by atoms with van der Waals surface area (Å²) in [4.78, 5) is 11.7. The van der Waals surface area contributed by atoms with Gasteiger partial charge in [0, 0.05) is 18.0 Å². The van der Waals surface area contributed by atoms with Gasteiger partial charge in [-0.15, -0.1) is 0 Å². The molecular formula is C16H26N2O2. The van der Waals surface area contributed by atoms with Gasteiger partial charge in [0.2, 0.25) is 0 Å². The number of carbonyl (C=O) groups excluding carboxylic acids is 1. The lowest BCUT2D eigenvalue weighted by molar-refractivity contribution is 0.235. The average Bonchev–Trinajstić information content (AvgIpc) is 2.45. The number of methoxy groups -OCH3 is 1. The third-order valence-electron chi connectivity index (χ3n) is 3.55. The van der Waals surface area contributed by atoms with E-state index in [-0.39, 0.29) is 17.5 Å². The molecule has 4 heteroatoms. The van der Waals surface area contributed by atoms with E-state index < -0.39 is 0 Å². The Hall–Kier alpha value is -1.71. The Balaban J connectivity index is 2.57. The zero-order chi connectivity index (χ0) is 15.2. The van der Waals surface area contributed by atoms with Crippen LogP contribution >= 0.6 is 0 Å². The lowest BCUT2D eigenvalue weighted by Crippen LogP contribution is -2.45. The van der Waals surface area contributed by atoms with Gasteiger partial charge in [0.15, 0.2) is 0 Å². The van der Waals surface area contributed by atoms with Gasteiger partial charge in [-0.25, -0.2) is 4.79 Å². The van der Waals surface area contributed by atoms with Crippen molar-refractivity contribution in [2.45, 2.75) is 45.6 Å². The molecule has 2 amide bonds. The number of hydrogen-bond acceptors (Lipinski definition) is 2. The highest BCUT2D eigenvalue weighted by Crippen LogP contribution is 2.24. The minimum atomic E-state index is -0.126. The number of benzene rings is 1. The van der Waals surface area contributed by atoms with E-state index in [2.05, 4.69) is 24.5 Å². The molecular weight excluding hydrogens is 252 g/mol. The van der Waals surface area contributed by atoms with Crippen molar-refractivity contribution in [3.63, 3.8) is 0 Å². The zero-order valence-electron chi connectivity index (χ0n) is 13.1. The highest BCUT2D eigenvalue weighted by Gasteiger charge is 2.21. The summed E-state index contributed by atoms with van der Waals surface area (Å²) in [5.74, 6) is 0.840. The van der Waals surface area contributed by atoms with Gasteiger partial charge in [0.1, 0.15) is 5.75 Å². The van der Waals surface area contributed by atoms with Crippen molar-refractivity contribution >= 4 is 6.03 Å². The Bertz CT molecular complexity index is 427. The van der Waals surface area contributed by atoms with Crippen LogP contribution in [0, 0.1) is 0 Å². The first-order chi connectivity index (χ1) is 9.39. The van der Waals surface area contributed by atoms with Crippen LogP contribution in [0.3, 0.4) is 0 Å². The number of nitrogens with one attached hydrogen (secondary N) is 2. The van der Waals surface area contributed by atoms with Crippen molar-refractivity contribution in [1.82, 2.24) is 10.6 Å². The van der Waals surface area contributed by atoms with E-state index >= 15 is 0 Å². The second kappa shape index (κ2) is 7.17. The number of amides is 2. The van der Waals surface area contributed by atoms with E-state index in [4.69, 9.17) is 4.74 Å². The van der Waals surface area contributed by atoms with E-state index in [9.17, 15) is 4.79 Å². The van der Waals surface area contributed by atoms with Crippen molar-refractivity contribution < 1.29 is 9.53 Å². The van der Waals surface area contributed by atoms with Crippen LogP contribution in [0.25, 0.3) is 0 Å². The first kappa shape index (κ1) is 16.3. The number of rotatable bonds is 6. The molecule has 0 aliphatic carbocycles. The Morgan fingerprint density at radius 3 is 2.40 bits per heavy atom. The molecule has 0 fully saturated rings. The summed E-state index contributed by atoms with van der Waals surface area (Å²) in [6, 6.07) is 8.03. The number of carbonyl (C=O) groups is 1. The van der Waals surface area contributed by atoms with Crippen LogP contribution < -0.4 is 15.4 Å². The van der Waals surface area contributed by atoms with Gasteiger partial charge in [0.05, 0.1) is 7.11 Å². The molecule has 0 radical (unpaired) electrons. The third kappa shape index (κ3) is 4.76. The van der Waals surface area contributed by atoms with Crippen LogP contribution in [0.15, 0.2) is 24.3 Å². The lowest BCUT2D eigenvalue weighted by Gasteiger charge is -2.26. The summed E-state index contributed by atoms with van der Waals surface area (Å²) < 4.78 is 5.16. The van der Waals surface area contributed by atoms with E-state index in [1.54, 1.807) is 7.11 Å². The third-order valence-corrected chi connectivity index (χ3v) is 3.55. The van der Waals surface area contributed by atoms with Crippen LogP contribution in [-0.2, 0) is 5.41 Å². The molecule has 0 aromatic heterocycles. The molecule has 1 rings (SSSR count). The molecule has 0 spiro atoms. The molecule has 0 aliphatic rings. The molecule has 0 aliphatic heterocycles. The molecule has 0 saturated carbocycles. The quantitative estimate of drug-likeness (QED) is 0.840. The molecule has 1 atom stereocenters. The normalized spacial score (nSPS) is 12.7. The van der Waals surface area contributed by atoms with Gasteiger partial charge in [-0.3, -0.25) is 0 Å². The fourth-order valence-corrected chi connectivity index (χ4v) is 1.82. The first-order valence-electron chi connectivity index (χ1n) is 7.08. The fraction of sp³-hybridized carbons (Fsp3) is 0.562. The molecule has 2 N–H and O–H groups in total. The van der Waals surface area contributed by atoms with Crippen LogP contribution in [0.5, 0.6) is 5.75 Å². The molecule has 20 heavy (non-hydrogen) atoms. The standard InChI is InChI=1S/C16H26N2O2/c1-6-12(2)18-15(19)17-11-16(3,4)13-7-9-14(20-5)10-8-13/h7-10,12H,6,11H2,1-5H3,(H2,17,18,19). The summed E-state index contributed by atoms with van der Waals surface area (Å²) in [7, 11) is 1.65. The Morgan fingerprint density at radius 1 is 1.30 bits per heavy atom. The average molecular weight is 278 g/mol. The molecule has 0 heterocycles. The fourth-order valence-electron chi connectivity index (χ4n) is 1.82. The molecule has 0 saturated heterocycles. The maximum Gasteiger partial charge on any atom is 0.315 e. The number of urea groups is 1. The van der Waals surface area contributed by atoms with Gasteiger partial charge < -0.3 is 15.4 Å². The van der Waals surface area contributed by atoms with Crippen molar-refractivity contribution in [1.29, 1.82) is 0 Å². The van der Waals surface area contributed by atoms with Gasteiger partial charge in [-0.2, -0.15) is 0 Å². The summed E-state index contributed by atoms with van der Waals surface area (Å²) >= 11 is 0. The largest absolute Gasteiger partial charge is 0.497 e. The minimum Gasteiger partial charge on any atom is -0.497 e. The monoisotopic (exact) mass is 278 g/mol. The second-order valence-corrected chi connectivity index (χ2v) is 5.75. The van der Waals surface area contributed by atoms with Crippen molar-refractivity contribution in [2.24, 2.45) is 0 Å². The highest BCUT2D eigenvalue weighted by molar-refractivity contribution is 5.74. The molecule has 112 valence electrons.